The van der Waals surface area contributed by atoms with Gasteiger partial charge >= 0.3 is 29.6 Å². The first kappa shape index (κ1) is 21.1. The minimum atomic E-state index is -1.12. The first-order valence-corrected chi connectivity index (χ1v) is 8.34. The Balaban J connectivity index is 0.000000180. The minimum Gasteiger partial charge on any atom is -0.545 e. The number of aliphatic hydroxyl groups is 1. The van der Waals surface area contributed by atoms with Crippen LogP contribution in [-0.2, 0) is 16.1 Å². The van der Waals surface area contributed by atoms with Crippen LogP contribution >= 0.6 is 0 Å². The zero-order valence-corrected chi connectivity index (χ0v) is 16.9. The molecule has 0 spiro atoms. The Kier molecular flexibility index (Phi) is 8.28. The van der Waals surface area contributed by atoms with Gasteiger partial charge in [0.15, 0.2) is 0 Å². The standard InChI is InChI=1S/C10H10O3.C10H12O2.Na/c11-10(12)8-3-1-2-7(4-8)9-5-13-6-9;11-5-8-2-1-3-9(4-8)10-6-12-7-10;/h1-4,9H,5-6H2,(H,11,12);1-4,10-11H,5-7H2;/q;;+1/p-1. The second-order valence-electron chi connectivity index (χ2n) is 6.28. The van der Waals surface area contributed by atoms with Gasteiger partial charge in [-0.25, -0.2) is 0 Å². The summed E-state index contributed by atoms with van der Waals surface area (Å²) in [6, 6.07) is 14.9. The molecule has 2 aliphatic heterocycles. The number of aliphatic hydroxyl groups excluding tert-OH is 1. The van der Waals surface area contributed by atoms with Gasteiger partial charge in [-0.05, 0) is 28.3 Å². The van der Waals surface area contributed by atoms with Crippen molar-refractivity contribution in [2.75, 3.05) is 26.4 Å². The van der Waals surface area contributed by atoms with E-state index in [-0.39, 0.29) is 41.7 Å². The van der Waals surface area contributed by atoms with Crippen LogP contribution in [-0.4, -0.2) is 37.5 Å². The molecule has 0 aliphatic carbocycles. The summed E-state index contributed by atoms with van der Waals surface area (Å²) in [5.74, 6) is -0.210. The molecule has 0 radical (unpaired) electrons. The molecule has 0 atom stereocenters. The summed E-state index contributed by atoms with van der Waals surface area (Å²) in [5, 5.41) is 19.4. The quantitative estimate of drug-likeness (QED) is 0.666. The smallest absolute Gasteiger partial charge is 0.545 e. The third-order valence-corrected chi connectivity index (χ3v) is 4.47. The van der Waals surface area contributed by atoms with Gasteiger partial charge in [0.05, 0.1) is 39.0 Å². The Bertz CT molecular complexity index is 726. The second-order valence-corrected chi connectivity index (χ2v) is 6.28. The van der Waals surface area contributed by atoms with Gasteiger partial charge in [-0.2, -0.15) is 0 Å². The van der Waals surface area contributed by atoms with Crippen LogP contribution in [0, 0.1) is 0 Å². The Morgan fingerprint density at radius 3 is 1.96 bits per heavy atom. The SMILES string of the molecule is O=C([O-])c1cccc(C2COC2)c1.OCc1cccc(C2COC2)c1.[Na+]. The van der Waals surface area contributed by atoms with E-state index in [0.29, 0.717) is 25.0 Å². The largest absolute Gasteiger partial charge is 1.00 e. The molecular formula is C20H21NaO5. The number of hydrogen-bond donors (Lipinski definition) is 1. The molecule has 2 fully saturated rings. The first-order chi connectivity index (χ1) is 12.2. The van der Waals surface area contributed by atoms with Crippen molar-refractivity contribution < 1.29 is 54.0 Å². The number of carboxylic acid groups (broad SMARTS) is 1. The molecule has 5 nitrogen and oxygen atoms in total. The summed E-state index contributed by atoms with van der Waals surface area (Å²) < 4.78 is 10.1. The zero-order valence-electron chi connectivity index (χ0n) is 14.9. The van der Waals surface area contributed by atoms with E-state index in [1.807, 2.05) is 24.3 Å². The van der Waals surface area contributed by atoms with Crippen LogP contribution in [0.5, 0.6) is 0 Å². The van der Waals surface area contributed by atoms with Crippen LogP contribution in [0.2, 0.25) is 0 Å². The molecule has 2 heterocycles. The Morgan fingerprint density at radius 1 is 0.962 bits per heavy atom. The van der Waals surface area contributed by atoms with E-state index >= 15 is 0 Å². The third-order valence-electron chi connectivity index (χ3n) is 4.47. The molecule has 0 bridgehead atoms. The normalized spacial score (nSPS) is 16.3. The van der Waals surface area contributed by atoms with Crippen LogP contribution in [0.25, 0.3) is 0 Å². The maximum atomic E-state index is 10.5. The van der Waals surface area contributed by atoms with Crippen LogP contribution < -0.4 is 34.7 Å². The van der Waals surface area contributed by atoms with Crippen molar-refractivity contribution in [1.29, 1.82) is 0 Å². The van der Waals surface area contributed by atoms with Gasteiger partial charge in [-0.3, -0.25) is 0 Å². The first-order valence-electron chi connectivity index (χ1n) is 8.34. The average molecular weight is 364 g/mol. The van der Waals surface area contributed by atoms with Crippen LogP contribution in [0.1, 0.15) is 38.9 Å². The molecular weight excluding hydrogens is 343 g/mol. The predicted molar refractivity (Wildman–Crippen MR) is 90.3 cm³/mol. The van der Waals surface area contributed by atoms with Crippen molar-refractivity contribution >= 4 is 5.97 Å². The summed E-state index contributed by atoms with van der Waals surface area (Å²) in [4.78, 5) is 10.5. The van der Waals surface area contributed by atoms with Crippen molar-refractivity contribution in [2.24, 2.45) is 0 Å². The van der Waals surface area contributed by atoms with Gasteiger partial charge in [-0.15, -0.1) is 0 Å². The Hall–Kier alpha value is -1.21. The molecule has 2 aromatic carbocycles. The Morgan fingerprint density at radius 2 is 1.50 bits per heavy atom. The number of carbonyl (C=O) groups excluding carboxylic acids is 1. The van der Waals surface area contributed by atoms with Crippen LogP contribution in [0.3, 0.4) is 0 Å². The maximum Gasteiger partial charge on any atom is 1.00 e. The van der Waals surface area contributed by atoms with Gasteiger partial charge in [0.25, 0.3) is 0 Å². The van der Waals surface area contributed by atoms with Gasteiger partial charge in [0.1, 0.15) is 0 Å². The monoisotopic (exact) mass is 364 g/mol. The number of hydrogen-bond acceptors (Lipinski definition) is 5. The molecule has 0 unspecified atom stereocenters. The Labute approximate surface area is 175 Å². The summed E-state index contributed by atoms with van der Waals surface area (Å²) in [6.07, 6.45) is 0. The topological polar surface area (TPSA) is 78.8 Å². The fourth-order valence-corrected chi connectivity index (χ4v) is 2.72. The van der Waals surface area contributed by atoms with Gasteiger partial charge in [0.2, 0.25) is 0 Å². The van der Waals surface area contributed by atoms with Gasteiger partial charge < -0.3 is 24.5 Å². The van der Waals surface area contributed by atoms with E-state index in [0.717, 1.165) is 24.3 Å². The molecule has 0 aromatic heterocycles. The molecule has 1 N–H and O–H groups in total. The molecule has 26 heavy (non-hydrogen) atoms. The minimum absolute atomic E-state index is 0. The van der Waals surface area contributed by atoms with E-state index in [2.05, 4.69) is 6.07 Å². The molecule has 4 rings (SSSR count). The number of carbonyl (C=O) groups is 1. The van der Waals surface area contributed by atoms with Crippen molar-refractivity contribution in [3.63, 3.8) is 0 Å². The maximum absolute atomic E-state index is 10.5. The van der Waals surface area contributed by atoms with Crippen LogP contribution in [0.15, 0.2) is 48.5 Å². The van der Waals surface area contributed by atoms with E-state index in [1.165, 1.54) is 5.56 Å². The number of ether oxygens (including phenoxy) is 2. The van der Waals surface area contributed by atoms with E-state index in [1.54, 1.807) is 18.2 Å². The number of rotatable bonds is 4. The third kappa shape index (κ3) is 5.39. The molecule has 0 amide bonds. The second kappa shape index (κ2) is 10.2. The van der Waals surface area contributed by atoms with E-state index in [4.69, 9.17) is 14.6 Å². The summed E-state index contributed by atoms with van der Waals surface area (Å²) in [5.41, 5.74) is 3.53. The fourth-order valence-electron chi connectivity index (χ4n) is 2.72. The molecule has 6 heteroatoms. The van der Waals surface area contributed by atoms with Gasteiger partial charge in [-0.1, -0.05) is 42.5 Å². The molecule has 0 saturated carbocycles. The van der Waals surface area contributed by atoms with Crippen molar-refractivity contribution in [3.8, 4) is 0 Å². The zero-order chi connectivity index (χ0) is 17.6. The average Bonchev–Trinajstić information content (AvgIpc) is 2.53. The molecule has 2 aliphatic rings. The van der Waals surface area contributed by atoms with E-state index < -0.39 is 5.97 Å². The number of benzene rings is 2. The van der Waals surface area contributed by atoms with Crippen molar-refractivity contribution in [1.82, 2.24) is 0 Å². The summed E-state index contributed by atoms with van der Waals surface area (Å²) in [7, 11) is 0. The van der Waals surface area contributed by atoms with Gasteiger partial charge in [0, 0.05) is 11.8 Å². The van der Waals surface area contributed by atoms with Crippen molar-refractivity contribution in [3.05, 3.63) is 70.8 Å². The molecule has 2 aromatic rings. The molecule has 132 valence electrons. The fraction of sp³-hybridized carbons (Fsp3) is 0.350. The predicted octanol–water partition coefficient (Wildman–Crippen LogP) is -1.54. The summed E-state index contributed by atoms with van der Waals surface area (Å²) >= 11 is 0. The number of carboxylic acids is 1. The summed E-state index contributed by atoms with van der Waals surface area (Å²) in [6.45, 7) is 3.16. The number of aromatic carboxylic acids is 1. The van der Waals surface area contributed by atoms with E-state index in [9.17, 15) is 9.90 Å². The van der Waals surface area contributed by atoms with Crippen LogP contribution in [0.4, 0.5) is 0 Å². The molecule has 2 saturated heterocycles. The van der Waals surface area contributed by atoms with Crippen molar-refractivity contribution in [2.45, 2.75) is 18.4 Å².